The molecule has 1 aromatic rings. The van der Waals surface area contributed by atoms with Crippen molar-refractivity contribution in [3.05, 3.63) is 34.9 Å². The minimum absolute atomic E-state index is 0.256. The number of hydrogen-bond acceptors (Lipinski definition) is 4. The summed E-state index contributed by atoms with van der Waals surface area (Å²) in [5, 5.41) is 12.1. The van der Waals surface area contributed by atoms with Crippen molar-refractivity contribution >= 4 is 15.5 Å². The number of benzene rings is 1. The molecule has 0 radical (unpaired) electrons. The highest BCUT2D eigenvalue weighted by Gasteiger charge is 2.18. The standard InChI is InChI=1S/C19H29NO3S/c1-15(2)24(22,23)13-7-5-3-4-6-8-16-9-11-18-17(14-16)10-12-19(18)20-21/h9,11,14-15,21H,3-8,10,12-13H2,1-2H3. The van der Waals surface area contributed by atoms with E-state index in [-0.39, 0.29) is 5.25 Å². The molecule has 0 unspecified atom stereocenters. The Morgan fingerprint density at radius 3 is 2.50 bits per heavy atom. The van der Waals surface area contributed by atoms with Crippen LogP contribution in [0, 0.1) is 0 Å². The van der Waals surface area contributed by atoms with E-state index in [4.69, 9.17) is 5.21 Å². The number of oxime groups is 1. The van der Waals surface area contributed by atoms with Crippen molar-refractivity contribution in [3.8, 4) is 0 Å². The normalized spacial score (nSPS) is 16.0. The Hall–Kier alpha value is -1.36. The second-order valence-electron chi connectivity index (χ2n) is 6.97. The molecule has 2 rings (SSSR count). The molecule has 0 atom stereocenters. The van der Waals surface area contributed by atoms with Crippen LogP contribution in [0.15, 0.2) is 23.4 Å². The van der Waals surface area contributed by atoms with Crippen LogP contribution in [-0.4, -0.2) is 30.3 Å². The van der Waals surface area contributed by atoms with Gasteiger partial charge in [-0.25, -0.2) is 8.42 Å². The fraction of sp³-hybridized carbons (Fsp3) is 0.632. The molecule has 0 bridgehead atoms. The lowest BCUT2D eigenvalue weighted by atomic mass is 10.0. The summed E-state index contributed by atoms with van der Waals surface area (Å²) >= 11 is 0. The Kier molecular flexibility index (Phi) is 6.84. The highest BCUT2D eigenvalue weighted by Crippen LogP contribution is 2.24. The van der Waals surface area contributed by atoms with Crippen molar-refractivity contribution in [2.45, 2.75) is 70.5 Å². The van der Waals surface area contributed by atoms with Gasteiger partial charge in [0, 0.05) is 5.56 Å². The average molecular weight is 352 g/mol. The van der Waals surface area contributed by atoms with Crippen molar-refractivity contribution in [1.82, 2.24) is 0 Å². The van der Waals surface area contributed by atoms with E-state index in [0.717, 1.165) is 62.6 Å². The van der Waals surface area contributed by atoms with Crippen LogP contribution in [0.2, 0.25) is 0 Å². The highest BCUT2D eigenvalue weighted by molar-refractivity contribution is 7.91. The third kappa shape index (κ3) is 5.07. The molecule has 1 N–H and O–H groups in total. The topological polar surface area (TPSA) is 66.7 Å². The van der Waals surface area contributed by atoms with Gasteiger partial charge in [-0.2, -0.15) is 0 Å². The Bertz CT molecular complexity index is 678. The summed E-state index contributed by atoms with van der Waals surface area (Å²) < 4.78 is 23.4. The first kappa shape index (κ1) is 19.0. The van der Waals surface area contributed by atoms with Gasteiger partial charge in [0.2, 0.25) is 0 Å². The highest BCUT2D eigenvalue weighted by atomic mass is 32.2. The van der Waals surface area contributed by atoms with Crippen molar-refractivity contribution < 1.29 is 13.6 Å². The lowest BCUT2D eigenvalue weighted by Gasteiger charge is -2.07. The maximum Gasteiger partial charge on any atom is 0.152 e. The smallest absolute Gasteiger partial charge is 0.152 e. The van der Waals surface area contributed by atoms with E-state index in [9.17, 15) is 8.42 Å². The van der Waals surface area contributed by atoms with Gasteiger partial charge in [0.1, 0.15) is 0 Å². The van der Waals surface area contributed by atoms with E-state index in [1.54, 1.807) is 13.8 Å². The van der Waals surface area contributed by atoms with Gasteiger partial charge in [0.05, 0.1) is 16.7 Å². The largest absolute Gasteiger partial charge is 0.411 e. The number of nitrogens with zero attached hydrogens (tertiary/aromatic N) is 1. The molecule has 0 saturated heterocycles. The fourth-order valence-corrected chi connectivity index (χ4v) is 4.26. The summed E-state index contributed by atoms with van der Waals surface area (Å²) in [5.41, 5.74) is 4.52. The number of unbranched alkanes of at least 4 members (excludes halogenated alkanes) is 4. The Morgan fingerprint density at radius 2 is 1.79 bits per heavy atom. The summed E-state index contributed by atoms with van der Waals surface area (Å²) in [6, 6.07) is 6.44. The van der Waals surface area contributed by atoms with E-state index >= 15 is 0 Å². The average Bonchev–Trinajstić information content (AvgIpc) is 2.96. The molecular formula is C19H29NO3S. The zero-order chi connectivity index (χ0) is 17.6. The Labute approximate surface area is 145 Å². The lowest BCUT2D eigenvalue weighted by molar-refractivity contribution is 0.318. The summed E-state index contributed by atoms with van der Waals surface area (Å²) in [5.74, 6) is 0.324. The van der Waals surface area contributed by atoms with E-state index in [1.165, 1.54) is 11.1 Å². The van der Waals surface area contributed by atoms with Crippen LogP contribution in [0.1, 0.15) is 69.1 Å². The molecule has 1 aromatic carbocycles. The molecule has 1 aliphatic rings. The molecule has 0 aliphatic heterocycles. The van der Waals surface area contributed by atoms with Gasteiger partial charge in [0.25, 0.3) is 0 Å². The van der Waals surface area contributed by atoms with Crippen LogP contribution in [0.3, 0.4) is 0 Å². The minimum Gasteiger partial charge on any atom is -0.411 e. The molecule has 24 heavy (non-hydrogen) atoms. The molecule has 0 spiro atoms. The zero-order valence-corrected chi connectivity index (χ0v) is 15.6. The van der Waals surface area contributed by atoms with E-state index in [0.29, 0.717) is 5.75 Å². The van der Waals surface area contributed by atoms with E-state index < -0.39 is 9.84 Å². The predicted molar refractivity (Wildman–Crippen MR) is 98.8 cm³/mol. The molecule has 0 fully saturated rings. The van der Waals surface area contributed by atoms with Gasteiger partial charge >= 0.3 is 0 Å². The molecular weight excluding hydrogens is 322 g/mol. The fourth-order valence-electron chi connectivity index (χ4n) is 3.18. The summed E-state index contributed by atoms with van der Waals surface area (Å²) in [7, 11) is -2.87. The maximum absolute atomic E-state index is 11.7. The van der Waals surface area contributed by atoms with Gasteiger partial charge in [0.15, 0.2) is 9.84 Å². The van der Waals surface area contributed by atoms with Gasteiger partial charge < -0.3 is 5.21 Å². The molecule has 134 valence electrons. The monoisotopic (exact) mass is 351 g/mol. The lowest BCUT2D eigenvalue weighted by Crippen LogP contribution is -2.17. The number of hydrogen-bond donors (Lipinski definition) is 1. The summed E-state index contributed by atoms with van der Waals surface area (Å²) in [4.78, 5) is 0. The van der Waals surface area contributed by atoms with Crippen molar-refractivity contribution in [2.75, 3.05) is 5.75 Å². The third-order valence-corrected chi connectivity index (χ3v) is 7.14. The van der Waals surface area contributed by atoms with E-state index in [2.05, 4.69) is 23.4 Å². The number of sulfone groups is 1. The van der Waals surface area contributed by atoms with Crippen LogP contribution in [0.5, 0.6) is 0 Å². The molecule has 4 nitrogen and oxygen atoms in total. The minimum atomic E-state index is -2.87. The van der Waals surface area contributed by atoms with Gasteiger partial charge in [-0.15, -0.1) is 0 Å². The molecule has 1 aliphatic carbocycles. The summed E-state index contributed by atoms with van der Waals surface area (Å²) in [6.45, 7) is 3.50. The third-order valence-electron chi connectivity index (χ3n) is 4.84. The van der Waals surface area contributed by atoms with Gasteiger partial charge in [-0.05, 0) is 57.1 Å². The first-order chi connectivity index (χ1) is 11.4. The number of fused-ring (bicyclic) bond motifs is 1. The van der Waals surface area contributed by atoms with Crippen LogP contribution in [-0.2, 0) is 22.7 Å². The van der Waals surface area contributed by atoms with Crippen LogP contribution >= 0.6 is 0 Å². The second kappa shape index (κ2) is 8.65. The Balaban J connectivity index is 1.65. The molecule has 0 heterocycles. The predicted octanol–water partition coefficient (Wildman–Crippen LogP) is 4.13. The maximum atomic E-state index is 11.7. The van der Waals surface area contributed by atoms with E-state index in [1.807, 2.05) is 0 Å². The zero-order valence-electron chi connectivity index (χ0n) is 14.8. The second-order valence-corrected chi connectivity index (χ2v) is 9.65. The molecule has 0 saturated carbocycles. The molecule has 0 aromatic heterocycles. The number of aryl methyl sites for hydroxylation is 2. The first-order valence-corrected chi connectivity index (χ1v) is 10.7. The van der Waals surface area contributed by atoms with Crippen molar-refractivity contribution in [2.24, 2.45) is 5.16 Å². The van der Waals surface area contributed by atoms with Gasteiger partial charge in [-0.3, -0.25) is 0 Å². The van der Waals surface area contributed by atoms with Crippen molar-refractivity contribution in [1.29, 1.82) is 0 Å². The van der Waals surface area contributed by atoms with Crippen LogP contribution in [0.25, 0.3) is 0 Å². The first-order valence-electron chi connectivity index (χ1n) is 8.98. The SMILES string of the molecule is CC(C)S(=O)(=O)CCCCCCCc1ccc2c(c1)CCC2=NO. The Morgan fingerprint density at radius 1 is 1.08 bits per heavy atom. The van der Waals surface area contributed by atoms with Gasteiger partial charge in [-0.1, -0.05) is 42.6 Å². The quantitative estimate of drug-likeness (QED) is 0.413. The summed E-state index contributed by atoms with van der Waals surface area (Å²) in [6.07, 6.45) is 8.00. The molecule has 5 heteroatoms. The van der Waals surface area contributed by atoms with Crippen LogP contribution in [0.4, 0.5) is 0 Å². The van der Waals surface area contributed by atoms with Crippen LogP contribution < -0.4 is 0 Å². The number of rotatable bonds is 9. The molecule has 0 amide bonds. The van der Waals surface area contributed by atoms with Crippen molar-refractivity contribution in [3.63, 3.8) is 0 Å².